The van der Waals surface area contributed by atoms with E-state index in [9.17, 15) is 9.18 Å². The topological polar surface area (TPSA) is 35.5 Å². The lowest BCUT2D eigenvalue weighted by molar-refractivity contribution is -0.119. The van der Waals surface area contributed by atoms with Crippen molar-refractivity contribution in [1.82, 2.24) is 0 Å². The van der Waals surface area contributed by atoms with Crippen molar-refractivity contribution >= 4 is 28.4 Å². The predicted octanol–water partition coefficient (Wildman–Crippen LogP) is 3.09. The van der Waals surface area contributed by atoms with Gasteiger partial charge in [0, 0.05) is 0 Å². The SMILES string of the molecule is CC(=O)C1(c2ccc3c(c2)OC(F)(I)O3)CC1. The highest BCUT2D eigenvalue weighted by Crippen LogP contribution is 2.52. The molecule has 1 aromatic carbocycles. The van der Waals surface area contributed by atoms with Crippen LogP contribution in [-0.4, -0.2) is 9.83 Å². The van der Waals surface area contributed by atoms with Gasteiger partial charge in [-0.05, 0) is 37.5 Å². The maximum Gasteiger partial charge on any atom is 0.462 e. The van der Waals surface area contributed by atoms with Crippen molar-refractivity contribution < 1.29 is 18.7 Å². The maximum absolute atomic E-state index is 13.5. The van der Waals surface area contributed by atoms with Crippen LogP contribution in [-0.2, 0) is 10.2 Å². The molecule has 17 heavy (non-hydrogen) atoms. The van der Waals surface area contributed by atoms with Crippen molar-refractivity contribution in [1.29, 1.82) is 0 Å². The highest BCUT2D eigenvalue weighted by molar-refractivity contribution is 14.1. The number of Topliss-reactive ketones (excluding diaryl/α,β-unsaturated/α-hetero) is 1. The number of ether oxygens (including phenoxy) is 2. The normalized spacial score (nSPS) is 27.9. The van der Waals surface area contributed by atoms with Crippen molar-refractivity contribution in [2.45, 2.75) is 29.2 Å². The molecule has 1 aliphatic carbocycles. The number of hydrogen-bond donors (Lipinski definition) is 0. The molecule has 1 fully saturated rings. The Hall–Kier alpha value is -0.850. The van der Waals surface area contributed by atoms with Gasteiger partial charge >= 0.3 is 4.05 Å². The Kier molecular flexibility index (Phi) is 2.21. The highest BCUT2D eigenvalue weighted by Gasteiger charge is 2.50. The number of rotatable bonds is 2. The molecule has 1 heterocycles. The fourth-order valence-corrected chi connectivity index (χ4v) is 2.69. The Balaban J connectivity index is 1.99. The quantitative estimate of drug-likeness (QED) is 0.609. The van der Waals surface area contributed by atoms with Gasteiger partial charge in [0.2, 0.25) is 0 Å². The summed E-state index contributed by atoms with van der Waals surface area (Å²) in [6, 6.07) is 5.19. The van der Waals surface area contributed by atoms with E-state index in [-0.39, 0.29) is 11.2 Å². The summed E-state index contributed by atoms with van der Waals surface area (Å²) in [5.74, 6) is 0.897. The molecule has 1 unspecified atom stereocenters. The Morgan fingerprint density at radius 1 is 1.35 bits per heavy atom. The molecule has 0 N–H and O–H groups in total. The molecule has 0 saturated heterocycles. The van der Waals surface area contributed by atoms with E-state index in [2.05, 4.69) is 0 Å². The summed E-state index contributed by atoms with van der Waals surface area (Å²) in [5.41, 5.74) is 0.520. The maximum atomic E-state index is 13.5. The minimum absolute atomic E-state index is 0.150. The summed E-state index contributed by atoms with van der Waals surface area (Å²) in [5, 5.41) is 0. The van der Waals surface area contributed by atoms with Gasteiger partial charge in [0.25, 0.3) is 0 Å². The van der Waals surface area contributed by atoms with Gasteiger partial charge in [-0.25, -0.2) is 0 Å². The fourth-order valence-electron chi connectivity index (χ4n) is 2.22. The molecule has 0 spiro atoms. The second-order valence-corrected chi connectivity index (χ2v) is 5.76. The van der Waals surface area contributed by atoms with Crippen LogP contribution >= 0.6 is 22.6 Å². The van der Waals surface area contributed by atoms with Gasteiger partial charge < -0.3 is 9.47 Å². The molecule has 5 heteroatoms. The lowest BCUT2D eigenvalue weighted by atomic mass is 9.92. The Bertz CT molecular complexity index is 508. The van der Waals surface area contributed by atoms with Gasteiger partial charge in [0.15, 0.2) is 11.5 Å². The third-order valence-electron chi connectivity index (χ3n) is 3.38. The van der Waals surface area contributed by atoms with Crippen LogP contribution < -0.4 is 9.47 Å². The van der Waals surface area contributed by atoms with E-state index in [1.54, 1.807) is 19.1 Å². The van der Waals surface area contributed by atoms with Crippen molar-refractivity contribution in [3.05, 3.63) is 23.8 Å². The molecular formula is C12H10FIO3. The van der Waals surface area contributed by atoms with Crippen LogP contribution in [0.4, 0.5) is 4.39 Å². The predicted molar refractivity (Wildman–Crippen MR) is 67.2 cm³/mol. The summed E-state index contributed by atoms with van der Waals surface area (Å²) in [6.07, 6.45) is 1.71. The average molecular weight is 348 g/mol. The third-order valence-corrected chi connectivity index (χ3v) is 3.82. The molecule has 0 amide bonds. The standard InChI is InChI=1S/C12H10FIO3/c1-7(15)11(4-5-11)8-2-3-9-10(6-8)17-12(13,14)16-9/h2-3,6H,4-5H2,1H3. The molecule has 90 valence electrons. The van der Waals surface area contributed by atoms with Crippen LogP contribution in [0.25, 0.3) is 0 Å². The summed E-state index contributed by atoms with van der Waals surface area (Å²) in [6.45, 7) is 1.59. The van der Waals surface area contributed by atoms with Gasteiger partial charge in [-0.15, -0.1) is 4.39 Å². The lowest BCUT2D eigenvalue weighted by Crippen LogP contribution is -2.23. The first kappa shape index (κ1) is 11.3. The van der Waals surface area contributed by atoms with Crippen LogP contribution in [0.3, 0.4) is 0 Å². The molecule has 1 saturated carbocycles. The summed E-state index contributed by atoms with van der Waals surface area (Å²) in [4.78, 5) is 11.6. The molecule has 3 nitrogen and oxygen atoms in total. The molecule has 0 bridgehead atoms. The highest BCUT2D eigenvalue weighted by atomic mass is 127. The number of carbonyl (C=O) groups is 1. The first-order valence-corrected chi connectivity index (χ1v) is 6.42. The van der Waals surface area contributed by atoms with Crippen LogP contribution in [0, 0.1) is 0 Å². The zero-order valence-electron chi connectivity index (χ0n) is 9.13. The zero-order valence-corrected chi connectivity index (χ0v) is 11.3. The van der Waals surface area contributed by atoms with E-state index in [1.807, 2.05) is 6.07 Å². The van der Waals surface area contributed by atoms with Crippen molar-refractivity contribution in [2.24, 2.45) is 0 Å². The van der Waals surface area contributed by atoms with Crippen molar-refractivity contribution in [3.63, 3.8) is 0 Å². The number of hydrogen-bond acceptors (Lipinski definition) is 3. The largest absolute Gasteiger partial charge is 0.462 e. The van der Waals surface area contributed by atoms with Crippen LogP contribution in [0.2, 0.25) is 0 Å². The second kappa shape index (κ2) is 3.34. The molecule has 2 aliphatic rings. The minimum atomic E-state index is -2.13. The molecule has 0 aromatic heterocycles. The summed E-state index contributed by atoms with van der Waals surface area (Å²) >= 11 is 1.45. The van der Waals surface area contributed by atoms with Crippen LogP contribution in [0.5, 0.6) is 11.5 Å². The zero-order chi connectivity index (χ0) is 12.3. The summed E-state index contributed by atoms with van der Waals surface area (Å²) < 4.78 is 21.3. The average Bonchev–Trinajstić information content (AvgIpc) is 2.95. The Morgan fingerprint density at radius 2 is 2.00 bits per heavy atom. The second-order valence-electron chi connectivity index (χ2n) is 4.47. The van der Waals surface area contributed by atoms with Gasteiger partial charge in [0.1, 0.15) is 5.78 Å². The number of ketones is 1. The number of alkyl halides is 2. The summed E-state index contributed by atoms with van der Waals surface area (Å²) in [7, 11) is 0. The van der Waals surface area contributed by atoms with Gasteiger partial charge in [0.05, 0.1) is 28.0 Å². The van der Waals surface area contributed by atoms with Crippen molar-refractivity contribution in [2.75, 3.05) is 0 Å². The Morgan fingerprint density at radius 3 is 2.59 bits per heavy atom. The van der Waals surface area contributed by atoms with E-state index in [1.165, 1.54) is 22.6 Å². The Labute approximate surface area is 111 Å². The van der Waals surface area contributed by atoms with Gasteiger partial charge in [-0.2, -0.15) is 0 Å². The number of fused-ring (bicyclic) bond motifs is 1. The molecule has 0 radical (unpaired) electrons. The number of halogens is 2. The molecule has 1 aromatic rings. The molecule has 1 atom stereocenters. The fraction of sp³-hybridized carbons (Fsp3) is 0.417. The lowest BCUT2D eigenvalue weighted by Gasteiger charge is -2.11. The molecule has 3 rings (SSSR count). The number of benzene rings is 1. The van der Waals surface area contributed by atoms with E-state index in [0.717, 1.165) is 18.4 Å². The van der Waals surface area contributed by atoms with E-state index in [4.69, 9.17) is 9.47 Å². The van der Waals surface area contributed by atoms with Gasteiger partial charge in [-0.3, -0.25) is 4.79 Å². The van der Waals surface area contributed by atoms with E-state index < -0.39 is 4.05 Å². The van der Waals surface area contributed by atoms with E-state index in [0.29, 0.717) is 11.5 Å². The smallest absolute Gasteiger partial charge is 0.415 e. The monoisotopic (exact) mass is 348 g/mol. The van der Waals surface area contributed by atoms with Gasteiger partial charge in [-0.1, -0.05) is 6.07 Å². The molecular weight excluding hydrogens is 338 g/mol. The molecule has 1 aliphatic heterocycles. The third kappa shape index (κ3) is 1.71. The first-order valence-electron chi connectivity index (χ1n) is 5.34. The first-order chi connectivity index (χ1) is 7.93. The van der Waals surface area contributed by atoms with Crippen molar-refractivity contribution in [3.8, 4) is 11.5 Å². The van der Waals surface area contributed by atoms with E-state index >= 15 is 0 Å². The minimum Gasteiger partial charge on any atom is -0.415 e. The van der Waals surface area contributed by atoms with Crippen LogP contribution in [0.15, 0.2) is 18.2 Å². The number of carbonyl (C=O) groups excluding carboxylic acids is 1. The van der Waals surface area contributed by atoms with Crippen LogP contribution in [0.1, 0.15) is 25.3 Å².